The lowest BCUT2D eigenvalue weighted by atomic mass is 9.80. The fraction of sp³-hybridized carbons (Fsp3) is 0.500. The van der Waals surface area contributed by atoms with Gasteiger partial charge >= 0.3 is 0 Å². The molecule has 240 valence electrons. The third kappa shape index (κ3) is 8.50. The molecule has 1 heterocycles. The molecule has 0 spiro atoms. The van der Waals surface area contributed by atoms with Gasteiger partial charge in [0, 0.05) is 32.7 Å². The minimum absolute atomic E-state index is 0.0964. The number of piperazine rings is 1. The van der Waals surface area contributed by atoms with Crippen LogP contribution in [0.4, 0.5) is 0 Å². The van der Waals surface area contributed by atoms with Crippen molar-refractivity contribution in [3.05, 3.63) is 95.6 Å². The van der Waals surface area contributed by atoms with Gasteiger partial charge < -0.3 is 28.7 Å². The molecule has 1 saturated heterocycles. The Morgan fingerprint density at radius 2 is 1.27 bits per heavy atom. The van der Waals surface area contributed by atoms with Gasteiger partial charge in [0.15, 0.2) is 8.32 Å². The first-order valence-corrected chi connectivity index (χ1v) is 18.7. The van der Waals surface area contributed by atoms with Gasteiger partial charge in [-0.15, -0.1) is 0 Å². The van der Waals surface area contributed by atoms with Gasteiger partial charge in [0.2, 0.25) is 0 Å². The van der Waals surface area contributed by atoms with Crippen LogP contribution >= 0.6 is 0 Å². The lowest BCUT2D eigenvalue weighted by Crippen LogP contribution is -2.46. The largest absolute Gasteiger partial charge is 0.497 e. The number of ether oxygens (including phenoxy) is 4. The van der Waals surface area contributed by atoms with E-state index in [1.54, 1.807) is 14.2 Å². The molecule has 0 amide bonds. The number of benzene rings is 3. The monoisotopic (exact) mass is 620 g/mol. The molecule has 1 fully saturated rings. The molecule has 0 saturated carbocycles. The van der Waals surface area contributed by atoms with Crippen molar-refractivity contribution in [2.24, 2.45) is 0 Å². The third-order valence-electron chi connectivity index (χ3n) is 9.07. The number of hydrogen-bond donors (Lipinski definition) is 1. The second kappa shape index (κ2) is 15.5. The van der Waals surface area contributed by atoms with E-state index in [0.29, 0.717) is 19.8 Å². The SMILES string of the molecule is COc1ccc(C(OC[C@H](CO[Si](C)(C)C(C)(C)C)OCCN2CCNCC2)(c2ccccc2)c2ccc(OC)cc2)cc1. The van der Waals surface area contributed by atoms with Crippen LogP contribution in [0.3, 0.4) is 0 Å². The molecule has 0 aliphatic carbocycles. The highest BCUT2D eigenvalue weighted by Gasteiger charge is 2.40. The first kappa shape index (κ1) is 34.2. The lowest BCUT2D eigenvalue weighted by molar-refractivity contribution is -0.0818. The molecule has 1 atom stereocenters. The highest BCUT2D eigenvalue weighted by atomic mass is 28.4. The van der Waals surface area contributed by atoms with Crippen LogP contribution in [0.15, 0.2) is 78.9 Å². The van der Waals surface area contributed by atoms with E-state index in [1.807, 2.05) is 30.3 Å². The highest BCUT2D eigenvalue weighted by Crippen LogP contribution is 2.42. The van der Waals surface area contributed by atoms with Crippen LogP contribution < -0.4 is 14.8 Å². The normalized spacial score (nSPS) is 15.6. The van der Waals surface area contributed by atoms with Crippen molar-refractivity contribution in [1.82, 2.24) is 10.2 Å². The first-order valence-electron chi connectivity index (χ1n) is 15.8. The zero-order valence-electron chi connectivity index (χ0n) is 27.7. The van der Waals surface area contributed by atoms with Crippen molar-refractivity contribution in [2.75, 3.05) is 66.8 Å². The van der Waals surface area contributed by atoms with Crippen LogP contribution in [0.5, 0.6) is 11.5 Å². The number of rotatable bonds is 15. The Hall–Kier alpha value is -2.72. The molecule has 1 aliphatic heterocycles. The maximum atomic E-state index is 7.20. The molecule has 1 aliphatic rings. The number of methoxy groups -OCH3 is 2. The van der Waals surface area contributed by atoms with Crippen molar-refractivity contribution in [3.63, 3.8) is 0 Å². The Morgan fingerprint density at radius 3 is 1.77 bits per heavy atom. The molecule has 0 bridgehead atoms. The van der Waals surface area contributed by atoms with Crippen LogP contribution in [-0.4, -0.2) is 86.1 Å². The molecule has 4 rings (SSSR count). The first-order chi connectivity index (χ1) is 21.1. The fourth-order valence-corrected chi connectivity index (χ4v) is 6.27. The summed E-state index contributed by atoms with van der Waals surface area (Å²) in [6.45, 7) is 17.8. The van der Waals surface area contributed by atoms with Crippen molar-refractivity contribution < 1.29 is 23.4 Å². The average molecular weight is 621 g/mol. The van der Waals surface area contributed by atoms with Crippen LogP contribution in [0.1, 0.15) is 37.5 Å². The van der Waals surface area contributed by atoms with Gasteiger partial charge in [0.05, 0.1) is 34.0 Å². The van der Waals surface area contributed by atoms with Crippen LogP contribution in [0.2, 0.25) is 18.1 Å². The van der Waals surface area contributed by atoms with Crippen LogP contribution in [0, 0.1) is 0 Å². The van der Waals surface area contributed by atoms with Crippen molar-refractivity contribution in [2.45, 2.75) is 50.6 Å². The molecule has 1 N–H and O–H groups in total. The Balaban J connectivity index is 1.69. The standard InChI is InChI=1S/C36H52N2O5Si/c1-35(2,3)44(6,7)43-28-34(41-26-25-38-23-21-37-22-24-38)27-42-36(29-11-9-8-10-12-29,30-13-17-32(39-4)18-14-30)31-15-19-33(40-5)20-16-31/h8-20,34,37H,21-28H2,1-7H3/t34-/m1/s1. The highest BCUT2D eigenvalue weighted by molar-refractivity contribution is 6.74. The minimum atomic E-state index is -2.01. The zero-order chi connectivity index (χ0) is 31.6. The molecule has 0 radical (unpaired) electrons. The Morgan fingerprint density at radius 1 is 0.750 bits per heavy atom. The van der Waals surface area contributed by atoms with E-state index in [9.17, 15) is 0 Å². The molecule has 44 heavy (non-hydrogen) atoms. The summed E-state index contributed by atoms with van der Waals surface area (Å²) in [6.07, 6.45) is -0.244. The third-order valence-corrected chi connectivity index (χ3v) is 13.6. The van der Waals surface area contributed by atoms with E-state index in [1.165, 1.54) is 0 Å². The number of nitrogens with zero attached hydrogens (tertiary/aromatic N) is 1. The fourth-order valence-electron chi connectivity index (χ4n) is 5.24. The zero-order valence-corrected chi connectivity index (χ0v) is 28.7. The summed E-state index contributed by atoms with van der Waals surface area (Å²) in [6, 6.07) is 26.7. The predicted octanol–water partition coefficient (Wildman–Crippen LogP) is 6.32. The maximum Gasteiger partial charge on any atom is 0.192 e. The summed E-state index contributed by atoms with van der Waals surface area (Å²) >= 11 is 0. The number of nitrogens with one attached hydrogen (secondary N) is 1. The summed E-state index contributed by atoms with van der Waals surface area (Å²) < 4.78 is 31.5. The van der Waals surface area contributed by atoms with Crippen molar-refractivity contribution >= 4 is 8.32 Å². The Labute approximate surface area is 265 Å². The summed E-state index contributed by atoms with van der Waals surface area (Å²) in [4.78, 5) is 2.45. The van der Waals surface area contributed by atoms with Gasteiger partial charge in [0.1, 0.15) is 23.2 Å². The second-order valence-electron chi connectivity index (χ2n) is 13.0. The molecule has 8 heteroatoms. The van der Waals surface area contributed by atoms with E-state index < -0.39 is 13.9 Å². The molecule has 0 aromatic heterocycles. The lowest BCUT2D eigenvalue weighted by Gasteiger charge is -2.39. The van der Waals surface area contributed by atoms with Gasteiger partial charge in [-0.1, -0.05) is 75.4 Å². The summed E-state index contributed by atoms with van der Waals surface area (Å²) in [5.74, 6) is 1.59. The quantitative estimate of drug-likeness (QED) is 0.158. The van der Waals surface area contributed by atoms with Gasteiger partial charge in [-0.25, -0.2) is 0 Å². The summed E-state index contributed by atoms with van der Waals surface area (Å²) in [7, 11) is 1.36. The predicted molar refractivity (Wildman–Crippen MR) is 180 cm³/mol. The molecule has 3 aromatic carbocycles. The van der Waals surface area contributed by atoms with E-state index in [4.69, 9.17) is 23.4 Å². The van der Waals surface area contributed by atoms with Crippen LogP contribution in [-0.2, 0) is 19.5 Å². The van der Waals surface area contributed by atoms with E-state index in [-0.39, 0.29) is 11.1 Å². The smallest absolute Gasteiger partial charge is 0.192 e. The van der Waals surface area contributed by atoms with E-state index in [2.05, 4.69) is 92.6 Å². The summed E-state index contributed by atoms with van der Waals surface area (Å²) in [5, 5.41) is 3.53. The van der Waals surface area contributed by atoms with Gasteiger partial charge in [-0.05, 0) is 59.1 Å². The molecule has 0 unspecified atom stereocenters. The van der Waals surface area contributed by atoms with Crippen LogP contribution in [0.25, 0.3) is 0 Å². The van der Waals surface area contributed by atoms with Crippen molar-refractivity contribution in [3.8, 4) is 11.5 Å². The number of hydrogen-bond acceptors (Lipinski definition) is 7. The molecule has 3 aromatic rings. The minimum Gasteiger partial charge on any atom is -0.497 e. The van der Waals surface area contributed by atoms with E-state index in [0.717, 1.165) is 60.9 Å². The molecule has 7 nitrogen and oxygen atoms in total. The molecular weight excluding hydrogens is 568 g/mol. The average Bonchev–Trinajstić information content (AvgIpc) is 3.04. The Kier molecular flexibility index (Phi) is 12.0. The van der Waals surface area contributed by atoms with Crippen molar-refractivity contribution in [1.29, 1.82) is 0 Å². The van der Waals surface area contributed by atoms with E-state index >= 15 is 0 Å². The maximum absolute atomic E-state index is 7.20. The molecular formula is C36H52N2O5Si. The topological polar surface area (TPSA) is 61.4 Å². The van der Waals surface area contributed by atoms with Gasteiger partial charge in [0.25, 0.3) is 0 Å². The second-order valence-corrected chi connectivity index (χ2v) is 17.8. The Bertz CT molecular complexity index is 1210. The summed E-state index contributed by atoms with van der Waals surface area (Å²) in [5.41, 5.74) is 2.12. The van der Waals surface area contributed by atoms with Gasteiger partial charge in [-0.3, -0.25) is 4.90 Å². The van der Waals surface area contributed by atoms with Gasteiger partial charge in [-0.2, -0.15) is 0 Å².